The van der Waals surface area contributed by atoms with E-state index < -0.39 is 0 Å². The Hall–Kier alpha value is -2.34. The van der Waals surface area contributed by atoms with Crippen molar-refractivity contribution in [2.24, 2.45) is 5.92 Å². The van der Waals surface area contributed by atoms with Gasteiger partial charge in [-0.3, -0.25) is 9.59 Å². The molecule has 2 N–H and O–H groups in total. The van der Waals surface area contributed by atoms with Crippen LogP contribution in [-0.2, 0) is 16.1 Å². The molecule has 5 nitrogen and oxygen atoms in total. The molecule has 0 spiro atoms. The maximum Gasteiger partial charge on any atom is 0.224 e. The zero-order valence-corrected chi connectivity index (χ0v) is 14.7. The zero-order chi connectivity index (χ0) is 17.4. The largest absolute Gasteiger partial charge is 0.497 e. The number of anilines is 1. The molecule has 2 aromatic rings. The summed E-state index contributed by atoms with van der Waals surface area (Å²) in [5, 5.41) is 7.68. The van der Waals surface area contributed by atoms with Crippen molar-refractivity contribution >= 4 is 28.8 Å². The fourth-order valence-corrected chi connectivity index (χ4v) is 2.91. The van der Waals surface area contributed by atoms with Crippen LogP contribution < -0.4 is 15.4 Å². The molecule has 1 aromatic heterocycles. The standard InChI is InChI=1S/C18H22N2O3S/c1-13(10-17(21)19-12-16-4-3-9-24-16)11-18(22)20-14-5-7-15(23-2)8-6-14/h3-9,13H,10-12H2,1-2H3,(H,19,21)(H,20,22). The van der Waals surface area contributed by atoms with Crippen molar-refractivity contribution in [1.29, 1.82) is 0 Å². The van der Waals surface area contributed by atoms with E-state index in [1.54, 1.807) is 42.7 Å². The van der Waals surface area contributed by atoms with Crippen molar-refractivity contribution in [2.75, 3.05) is 12.4 Å². The third-order valence-corrected chi connectivity index (χ3v) is 4.36. The van der Waals surface area contributed by atoms with E-state index in [9.17, 15) is 9.59 Å². The van der Waals surface area contributed by atoms with Gasteiger partial charge in [-0.1, -0.05) is 13.0 Å². The monoisotopic (exact) mass is 346 g/mol. The van der Waals surface area contributed by atoms with Gasteiger partial charge in [0, 0.05) is 23.4 Å². The van der Waals surface area contributed by atoms with Gasteiger partial charge in [0.2, 0.25) is 11.8 Å². The molecular weight excluding hydrogens is 324 g/mol. The first kappa shape index (κ1) is 18.0. The van der Waals surface area contributed by atoms with E-state index in [1.165, 1.54) is 0 Å². The Morgan fingerprint density at radius 3 is 2.46 bits per heavy atom. The maximum absolute atomic E-state index is 12.0. The molecule has 2 rings (SSSR count). The number of thiophene rings is 1. The second-order valence-corrected chi connectivity index (χ2v) is 6.68. The van der Waals surface area contributed by atoms with Crippen LogP contribution >= 0.6 is 11.3 Å². The summed E-state index contributed by atoms with van der Waals surface area (Å²) in [6, 6.07) is 11.1. The van der Waals surface area contributed by atoms with Gasteiger partial charge < -0.3 is 15.4 Å². The van der Waals surface area contributed by atoms with Gasteiger partial charge >= 0.3 is 0 Å². The maximum atomic E-state index is 12.0. The van der Waals surface area contributed by atoms with Crippen LogP contribution in [0.1, 0.15) is 24.6 Å². The fourth-order valence-electron chi connectivity index (χ4n) is 2.26. The predicted molar refractivity (Wildman–Crippen MR) is 96.2 cm³/mol. The van der Waals surface area contributed by atoms with Crippen molar-refractivity contribution in [1.82, 2.24) is 5.32 Å². The Balaban J connectivity index is 1.71. The van der Waals surface area contributed by atoms with Crippen LogP contribution in [-0.4, -0.2) is 18.9 Å². The van der Waals surface area contributed by atoms with E-state index in [2.05, 4.69) is 10.6 Å². The average Bonchev–Trinajstić information content (AvgIpc) is 3.07. The van der Waals surface area contributed by atoms with Gasteiger partial charge in [0.05, 0.1) is 13.7 Å². The molecule has 1 heterocycles. The zero-order valence-electron chi connectivity index (χ0n) is 13.9. The minimum Gasteiger partial charge on any atom is -0.497 e. The summed E-state index contributed by atoms with van der Waals surface area (Å²) in [5.74, 6) is 0.585. The second kappa shape index (κ2) is 9.08. The van der Waals surface area contributed by atoms with Gasteiger partial charge in [0.25, 0.3) is 0 Å². The molecular formula is C18H22N2O3S. The third kappa shape index (κ3) is 6.04. The van der Waals surface area contributed by atoms with Crippen LogP contribution in [0, 0.1) is 5.92 Å². The Labute approximate surface area is 146 Å². The van der Waals surface area contributed by atoms with Gasteiger partial charge in [0.15, 0.2) is 0 Å². The quantitative estimate of drug-likeness (QED) is 0.769. The number of carbonyl (C=O) groups excluding carboxylic acids is 2. The number of hydrogen-bond donors (Lipinski definition) is 2. The van der Waals surface area contributed by atoms with Crippen molar-refractivity contribution in [3.05, 3.63) is 46.7 Å². The average molecular weight is 346 g/mol. The van der Waals surface area contributed by atoms with Gasteiger partial charge in [-0.05, 0) is 41.6 Å². The number of ether oxygens (including phenoxy) is 1. The van der Waals surface area contributed by atoms with E-state index in [0.717, 1.165) is 16.3 Å². The molecule has 0 aliphatic rings. The van der Waals surface area contributed by atoms with Crippen molar-refractivity contribution in [2.45, 2.75) is 26.3 Å². The third-order valence-electron chi connectivity index (χ3n) is 3.48. The first-order chi connectivity index (χ1) is 11.6. The van der Waals surface area contributed by atoms with E-state index >= 15 is 0 Å². The lowest BCUT2D eigenvalue weighted by molar-refractivity contribution is -0.122. The Morgan fingerprint density at radius 1 is 1.12 bits per heavy atom. The number of amides is 2. The van der Waals surface area contributed by atoms with Gasteiger partial charge in [-0.25, -0.2) is 0 Å². The van der Waals surface area contributed by atoms with Gasteiger partial charge in [-0.2, -0.15) is 0 Å². The fraction of sp³-hybridized carbons (Fsp3) is 0.333. The number of benzene rings is 1. The van der Waals surface area contributed by atoms with E-state index in [4.69, 9.17) is 4.74 Å². The molecule has 1 aromatic carbocycles. The molecule has 0 radical (unpaired) electrons. The summed E-state index contributed by atoms with van der Waals surface area (Å²) in [5.41, 5.74) is 0.718. The molecule has 128 valence electrons. The molecule has 6 heteroatoms. The number of rotatable bonds is 8. The van der Waals surface area contributed by atoms with Gasteiger partial charge in [-0.15, -0.1) is 11.3 Å². The molecule has 0 aliphatic heterocycles. The topological polar surface area (TPSA) is 67.4 Å². The first-order valence-corrected chi connectivity index (χ1v) is 8.67. The first-order valence-electron chi connectivity index (χ1n) is 7.80. The highest BCUT2D eigenvalue weighted by atomic mass is 32.1. The number of methoxy groups -OCH3 is 1. The molecule has 0 bridgehead atoms. The smallest absolute Gasteiger partial charge is 0.224 e. The number of hydrogen-bond acceptors (Lipinski definition) is 4. The second-order valence-electron chi connectivity index (χ2n) is 5.65. The van der Waals surface area contributed by atoms with E-state index in [-0.39, 0.29) is 17.7 Å². The molecule has 0 saturated carbocycles. The molecule has 2 amide bonds. The van der Waals surface area contributed by atoms with Crippen molar-refractivity contribution in [3.8, 4) is 5.75 Å². The summed E-state index contributed by atoms with van der Waals surface area (Å²) in [4.78, 5) is 25.1. The minimum absolute atomic E-state index is 0.0217. The van der Waals surface area contributed by atoms with E-state index in [1.807, 2.05) is 24.4 Å². The van der Waals surface area contributed by atoms with Crippen LogP contribution in [0.3, 0.4) is 0 Å². The summed E-state index contributed by atoms with van der Waals surface area (Å²) in [6.07, 6.45) is 0.639. The predicted octanol–water partition coefficient (Wildman–Crippen LogP) is 3.43. The minimum atomic E-state index is -0.0984. The van der Waals surface area contributed by atoms with Crippen molar-refractivity contribution < 1.29 is 14.3 Å². The highest BCUT2D eigenvalue weighted by Crippen LogP contribution is 2.16. The van der Waals surface area contributed by atoms with Crippen molar-refractivity contribution in [3.63, 3.8) is 0 Å². The molecule has 1 unspecified atom stereocenters. The molecule has 24 heavy (non-hydrogen) atoms. The van der Waals surface area contributed by atoms with Gasteiger partial charge in [0.1, 0.15) is 5.75 Å². The van der Waals surface area contributed by atoms with Crippen LogP contribution in [0.5, 0.6) is 5.75 Å². The molecule has 0 saturated heterocycles. The lowest BCUT2D eigenvalue weighted by Gasteiger charge is -2.12. The lowest BCUT2D eigenvalue weighted by Crippen LogP contribution is -2.25. The Morgan fingerprint density at radius 2 is 1.83 bits per heavy atom. The summed E-state index contributed by atoms with van der Waals surface area (Å²) >= 11 is 1.61. The Bertz CT molecular complexity index is 653. The summed E-state index contributed by atoms with van der Waals surface area (Å²) in [7, 11) is 1.60. The van der Waals surface area contributed by atoms with Crippen LogP contribution in [0.25, 0.3) is 0 Å². The number of nitrogens with one attached hydrogen (secondary N) is 2. The Kier molecular flexibility index (Phi) is 6.81. The van der Waals surface area contributed by atoms with Crippen LogP contribution in [0.2, 0.25) is 0 Å². The lowest BCUT2D eigenvalue weighted by atomic mass is 10.0. The van der Waals surface area contributed by atoms with Crippen LogP contribution in [0.15, 0.2) is 41.8 Å². The highest BCUT2D eigenvalue weighted by molar-refractivity contribution is 7.09. The van der Waals surface area contributed by atoms with E-state index in [0.29, 0.717) is 19.4 Å². The van der Waals surface area contributed by atoms with Crippen LogP contribution in [0.4, 0.5) is 5.69 Å². The normalized spacial score (nSPS) is 11.6. The highest BCUT2D eigenvalue weighted by Gasteiger charge is 2.13. The summed E-state index contributed by atoms with van der Waals surface area (Å²) in [6.45, 7) is 2.44. The molecule has 0 fully saturated rings. The molecule has 1 atom stereocenters. The summed E-state index contributed by atoms with van der Waals surface area (Å²) < 4.78 is 5.08. The number of carbonyl (C=O) groups is 2. The molecule has 0 aliphatic carbocycles. The SMILES string of the molecule is COc1ccc(NC(=O)CC(C)CC(=O)NCc2cccs2)cc1.